The van der Waals surface area contributed by atoms with E-state index < -0.39 is 0 Å². The zero-order chi connectivity index (χ0) is 15.2. The molecule has 2 fully saturated rings. The van der Waals surface area contributed by atoms with Crippen LogP contribution in [0.25, 0.3) is 0 Å². The highest BCUT2D eigenvalue weighted by Crippen LogP contribution is 2.47. The van der Waals surface area contributed by atoms with Crippen molar-refractivity contribution in [2.24, 2.45) is 0 Å². The molecule has 3 nitrogen and oxygen atoms in total. The van der Waals surface area contributed by atoms with Crippen LogP contribution in [-0.2, 0) is 11.3 Å². The highest BCUT2D eigenvalue weighted by Gasteiger charge is 2.38. The Kier molecular flexibility index (Phi) is 5.41. The maximum atomic E-state index is 11.8. The zero-order valence-corrected chi connectivity index (χ0v) is 13.3. The van der Waals surface area contributed by atoms with Gasteiger partial charge in [-0.1, -0.05) is 86.8 Å². The quantitative estimate of drug-likeness (QED) is 0.812. The molecule has 22 heavy (non-hydrogen) atoms. The molecular weight excluding hydrogens is 273 g/mol. The predicted octanol–water partition coefficient (Wildman–Crippen LogP) is 4.52. The molecule has 4 heteroatoms. The molecule has 2 heterocycles. The molecule has 1 N–H and O–H groups in total. The molecule has 2 aliphatic rings. The van der Waals surface area contributed by atoms with Crippen LogP contribution in [0.3, 0.4) is 0 Å². The molecule has 118 valence electrons. The lowest BCUT2D eigenvalue weighted by molar-refractivity contribution is 0.140. The smallest absolute Gasteiger partial charge is 0.407 e. The molecule has 0 saturated carbocycles. The van der Waals surface area contributed by atoms with Crippen LogP contribution in [0.1, 0.15) is 44.1 Å². The van der Waals surface area contributed by atoms with Gasteiger partial charge >= 0.3 is 6.09 Å². The van der Waals surface area contributed by atoms with Gasteiger partial charge in [0.25, 0.3) is 0 Å². The number of rotatable bonds is 5. The van der Waals surface area contributed by atoms with Crippen molar-refractivity contribution in [2.45, 2.75) is 63.1 Å². The van der Waals surface area contributed by atoms with Gasteiger partial charge in [0.1, 0.15) is 13.3 Å². The van der Waals surface area contributed by atoms with Crippen molar-refractivity contribution in [3.8, 4) is 0 Å². The summed E-state index contributed by atoms with van der Waals surface area (Å²) in [7, 11) is 0. The van der Waals surface area contributed by atoms with Crippen LogP contribution in [0.15, 0.2) is 30.3 Å². The molecule has 1 amide bonds. The third kappa shape index (κ3) is 4.05. The fourth-order valence-electron chi connectivity index (χ4n) is 4.40. The van der Waals surface area contributed by atoms with E-state index in [0.717, 1.165) is 36.8 Å². The number of amides is 1. The lowest BCUT2D eigenvalue weighted by atomic mass is 9.26. The Morgan fingerprint density at radius 1 is 1.09 bits per heavy atom. The Hall–Kier alpha value is -1.45. The van der Waals surface area contributed by atoms with E-state index in [9.17, 15) is 4.79 Å². The van der Waals surface area contributed by atoms with Gasteiger partial charge in [0.05, 0.1) is 0 Å². The third-order valence-corrected chi connectivity index (χ3v) is 5.47. The summed E-state index contributed by atoms with van der Waals surface area (Å²) in [6.45, 7) is 1.93. The lowest BCUT2D eigenvalue weighted by Gasteiger charge is -2.40. The van der Waals surface area contributed by atoms with Crippen LogP contribution in [0, 0.1) is 0 Å². The predicted molar refractivity (Wildman–Crippen MR) is 90.4 cm³/mol. The second-order valence-electron chi connectivity index (χ2n) is 6.82. The maximum Gasteiger partial charge on any atom is 0.407 e. The Bertz CT molecular complexity index is 457. The van der Waals surface area contributed by atoms with Gasteiger partial charge in [0.15, 0.2) is 0 Å². The number of hydrogen-bond acceptors (Lipinski definition) is 2. The van der Waals surface area contributed by atoms with E-state index in [1.165, 1.54) is 38.5 Å². The summed E-state index contributed by atoms with van der Waals surface area (Å²) in [5, 5.41) is 2.93. The Labute approximate surface area is 133 Å². The maximum absolute atomic E-state index is 11.8. The second kappa shape index (κ2) is 7.71. The van der Waals surface area contributed by atoms with Gasteiger partial charge in [0, 0.05) is 6.54 Å². The highest BCUT2D eigenvalue weighted by atomic mass is 16.5. The van der Waals surface area contributed by atoms with Crippen molar-refractivity contribution < 1.29 is 9.53 Å². The SMILES string of the molecule is O=C(NCCB1C2CCCC1CCC2)OCc1ccccc1. The van der Waals surface area contributed by atoms with Gasteiger partial charge in [-0.3, -0.25) is 0 Å². The van der Waals surface area contributed by atoms with Crippen LogP contribution in [-0.4, -0.2) is 19.4 Å². The van der Waals surface area contributed by atoms with Crippen molar-refractivity contribution in [1.82, 2.24) is 5.32 Å². The molecule has 2 aliphatic heterocycles. The molecule has 0 atom stereocenters. The molecule has 0 unspecified atom stereocenters. The minimum Gasteiger partial charge on any atom is -0.445 e. The van der Waals surface area contributed by atoms with Crippen LogP contribution in [0.4, 0.5) is 4.79 Å². The van der Waals surface area contributed by atoms with E-state index in [-0.39, 0.29) is 6.09 Å². The third-order valence-electron chi connectivity index (χ3n) is 5.47. The van der Waals surface area contributed by atoms with Gasteiger partial charge in [-0.2, -0.15) is 0 Å². The normalized spacial score (nSPS) is 23.9. The van der Waals surface area contributed by atoms with E-state index in [1.54, 1.807) is 0 Å². The van der Waals surface area contributed by atoms with Gasteiger partial charge in [-0.25, -0.2) is 4.79 Å². The molecule has 2 saturated heterocycles. The Balaban J connectivity index is 1.36. The first-order valence-corrected chi connectivity index (χ1v) is 8.77. The number of fused-ring (bicyclic) bond motifs is 2. The van der Waals surface area contributed by atoms with E-state index in [0.29, 0.717) is 6.61 Å². The summed E-state index contributed by atoms with van der Waals surface area (Å²) in [6.07, 6.45) is 9.27. The van der Waals surface area contributed by atoms with Crippen molar-refractivity contribution in [1.29, 1.82) is 0 Å². The first-order valence-electron chi connectivity index (χ1n) is 8.77. The second-order valence-corrected chi connectivity index (χ2v) is 6.82. The van der Waals surface area contributed by atoms with Crippen LogP contribution in [0.2, 0.25) is 18.0 Å². The Morgan fingerprint density at radius 3 is 2.36 bits per heavy atom. The summed E-state index contributed by atoms with van der Waals surface area (Å²) in [4.78, 5) is 11.8. The van der Waals surface area contributed by atoms with Crippen molar-refractivity contribution in [3.05, 3.63) is 35.9 Å². The van der Waals surface area contributed by atoms with Crippen molar-refractivity contribution in [2.75, 3.05) is 6.54 Å². The largest absolute Gasteiger partial charge is 0.445 e. The van der Waals surface area contributed by atoms with Gasteiger partial charge in [0.2, 0.25) is 0 Å². The van der Waals surface area contributed by atoms with Crippen LogP contribution < -0.4 is 5.32 Å². The Morgan fingerprint density at radius 2 is 1.73 bits per heavy atom. The first-order chi connectivity index (χ1) is 10.8. The van der Waals surface area contributed by atoms with E-state index in [2.05, 4.69) is 5.32 Å². The summed E-state index contributed by atoms with van der Waals surface area (Å²) in [5.41, 5.74) is 1.03. The van der Waals surface area contributed by atoms with Gasteiger partial charge < -0.3 is 10.1 Å². The van der Waals surface area contributed by atoms with Crippen molar-refractivity contribution >= 4 is 12.8 Å². The number of nitrogens with one attached hydrogen (secondary N) is 1. The number of ether oxygens (including phenoxy) is 1. The summed E-state index contributed by atoms with van der Waals surface area (Å²) >= 11 is 0. The van der Waals surface area contributed by atoms with Gasteiger partial charge in [-0.15, -0.1) is 0 Å². The van der Waals surface area contributed by atoms with Crippen LogP contribution >= 0.6 is 0 Å². The summed E-state index contributed by atoms with van der Waals surface area (Å²) < 4.78 is 5.26. The summed E-state index contributed by atoms with van der Waals surface area (Å²) in [5.74, 6) is 1.82. The van der Waals surface area contributed by atoms with Crippen LogP contribution in [0.5, 0.6) is 0 Å². The number of alkyl carbamates (subject to hydrolysis) is 1. The average molecular weight is 299 g/mol. The number of carbonyl (C=O) groups excluding carboxylic acids is 1. The van der Waals surface area contributed by atoms with E-state index in [4.69, 9.17) is 4.74 Å². The number of carbonyl (C=O) groups is 1. The number of hydrogen-bond donors (Lipinski definition) is 1. The fourth-order valence-corrected chi connectivity index (χ4v) is 4.40. The highest BCUT2D eigenvalue weighted by molar-refractivity contribution is 6.62. The minimum absolute atomic E-state index is 0.287. The average Bonchev–Trinajstić information content (AvgIpc) is 2.54. The molecule has 1 aromatic carbocycles. The zero-order valence-electron chi connectivity index (χ0n) is 13.3. The molecule has 0 aromatic heterocycles. The fraction of sp³-hybridized carbons (Fsp3) is 0.611. The molecule has 3 rings (SSSR count). The molecule has 0 aliphatic carbocycles. The molecule has 0 radical (unpaired) electrons. The van der Waals surface area contributed by atoms with Crippen molar-refractivity contribution in [3.63, 3.8) is 0 Å². The lowest BCUT2D eigenvalue weighted by Crippen LogP contribution is -2.37. The molecular formula is C18H26BNO2. The topological polar surface area (TPSA) is 38.3 Å². The first kappa shape index (κ1) is 15.5. The number of benzene rings is 1. The molecule has 0 spiro atoms. The minimum atomic E-state index is -0.287. The van der Waals surface area contributed by atoms with E-state index >= 15 is 0 Å². The molecule has 2 bridgehead atoms. The molecule has 1 aromatic rings. The van der Waals surface area contributed by atoms with E-state index in [1.807, 2.05) is 30.3 Å². The standard InChI is InChI=1S/C18H26BNO2/c21-18(22-14-15-6-2-1-3-7-15)20-13-12-19-16-8-4-9-17(19)11-5-10-16/h1-3,6-7,16-17H,4-5,8-14H2,(H,20,21). The summed E-state index contributed by atoms with van der Waals surface area (Å²) in [6, 6.07) is 9.81. The van der Waals surface area contributed by atoms with Gasteiger partial charge in [-0.05, 0) is 5.56 Å². The monoisotopic (exact) mass is 299 g/mol.